The minimum atomic E-state index is 0.330. The molecule has 3 aliphatic rings. The molecule has 4 aromatic rings. The first-order valence-corrected chi connectivity index (χ1v) is 12.4. The van der Waals surface area contributed by atoms with Crippen molar-refractivity contribution in [3.05, 3.63) is 71.7 Å². The van der Waals surface area contributed by atoms with Crippen molar-refractivity contribution in [2.75, 3.05) is 0 Å². The van der Waals surface area contributed by atoms with Gasteiger partial charge in [0.25, 0.3) is 0 Å². The summed E-state index contributed by atoms with van der Waals surface area (Å²) >= 11 is 0. The molecule has 1 unspecified atom stereocenters. The van der Waals surface area contributed by atoms with Gasteiger partial charge in [-0.2, -0.15) is 0 Å². The van der Waals surface area contributed by atoms with E-state index >= 15 is 0 Å². The number of hydrogen-bond acceptors (Lipinski definition) is 4. The van der Waals surface area contributed by atoms with Crippen LogP contribution in [0.5, 0.6) is 0 Å². The van der Waals surface area contributed by atoms with Crippen molar-refractivity contribution in [3.63, 3.8) is 0 Å². The molecule has 2 aromatic carbocycles. The molecule has 4 heterocycles. The SMILES string of the molecule is C[C@H]1CC[C@@H](c2ncc(-c3ccc4cc(C#Cc5cnc([C@@H]6CC7C[C@H]7N6)[nH]5)ccc4c3)[nH]2)N1. The van der Waals surface area contributed by atoms with E-state index in [0.717, 1.165) is 46.5 Å². The highest BCUT2D eigenvalue weighted by Crippen LogP contribution is 2.45. The van der Waals surface area contributed by atoms with Crippen LogP contribution in [-0.4, -0.2) is 32.0 Å². The molecule has 4 N–H and O–H groups in total. The molecule has 3 fully saturated rings. The Morgan fingerprint density at radius 2 is 1.68 bits per heavy atom. The lowest BCUT2D eigenvalue weighted by Gasteiger charge is -2.08. The second-order valence-electron chi connectivity index (χ2n) is 10.1. The summed E-state index contributed by atoms with van der Waals surface area (Å²) in [7, 11) is 0. The highest BCUT2D eigenvalue weighted by atomic mass is 15.1. The molecule has 2 saturated heterocycles. The van der Waals surface area contributed by atoms with E-state index in [9.17, 15) is 0 Å². The van der Waals surface area contributed by atoms with Crippen LogP contribution in [-0.2, 0) is 0 Å². The van der Waals surface area contributed by atoms with E-state index in [1.165, 1.54) is 30.0 Å². The third-order valence-corrected chi connectivity index (χ3v) is 7.59. The molecular formula is C28H28N6. The molecule has 170 valence electrons. The van der Waals surface area contributed by atoms with Crippen LogP contribution in [0.4, 0.5) is 0 Å². The molecular weight excluding hydrogens is 420 g/mol. The Balaban J connectivity index is 1.08. The monoisotopic (exact) mass is 448 g/mol. The van der Waals surface area contributed by atoms with Crippen LogP contribution in [0.2, 0.25) is 0 Å². The summed E-state index contributed by atoms with van der Waals surface area (Å²) < 4.78 is 0. The summed E-state index contributed by atoms with van der Waals surface area (Å²) in [5, 5.41) is 9.61. The van der Waals surface area contributed by atoms with E-state index in [4.69, 9.17) is 0 Å². The first kappa shape index (κ1) is 20.0. The highest BCUT2D eigenvalue weighted by molar-refractivity contribution is 5.88. The van der Waals surface area contributed by atoms with E-state index in [1.807, 2.05) is 12.4 Å². The van der Waals surface area contributed by atoms with Gasteiger partial charge in [0.15, 0.2) is 0 Å². The van der Waals surface area contributed by atoms with E-state index in [0.29, 0.717) is 24.2 Å². The quantitative estimate of drug-likeness (QED) is 0.346. The molecule has 6 nitrogen and oxygen atoms in total. The van der Waals surface area contributed by atoms with E-state index < -0.39 is 0 Å². The molecule has 0 radical (unpaired) electrons. The number of imidazole rings is 2. The molecule has 2 aliphatic heterocycles. The Morgan fingerprint density at radius 1 is 0.824 bits per heavy atom. The molecule has 0 bridgehead atoms. The third kappa shape index (κ3) is 3.71. The van der Waals surface area contributed by atoms with E-state index in [-0.39, 0.29) is 0 Å². The van der Waals surface area contributed by atoms with Gasteiger partial charge in [0.2, 0.25) is 0 Å². The number of rotatable bonds is 3. The van der Waals surface area contributed by atoms with Gasteiger partial charge in [-0.15, -0.1) is 0 Å². The van der Waals surface area contributed by atoms with Crippen LogP contribution in [0, 0.1) is 17.8 Å². The van der Waals surface area contributed by atoms with Gasteiger partial charge in [0.1, 0.15) is 17.3 Å². The van der Waals surface area contributed by atoms with Gasteiger partial charge in [-0.3, -0.25) is 0 Å². The Labute approximate surface area is 199 Å². The van der Waals surface area contributed by atoms with Crippen molar-refractivity contribution in [1.82, 2.24) is 30.6 Å². The van der Waals surface area contributed by atoms with Gasteiger partial charge in [0, 0.05) is 23.2 Å². The molecule has 1 aliphatic carbocycles. The van der Waals surface area contributed by atoms with Crippen LogP contribution < -0.4 is 10.6 Å². The summed E-state index contributed by atoms with van der Waals surface area (Å²) in [6.07, 6.45) is 8.64. The van der Waals surface area contributed by atoms with Crippen LogP contribution in [0.3, 0.4) is 0 Å². The number of piperidine rings is 1. The normalized spacial score (nSPS) is 27.5. The fourth-order valence-electron chi connectivity index (χ4n) is 5.54. The van der Waals surface area contributed by atoms with Crippen molar-refractivity contribution < 1.29 is 0 Å². The van der Waals surface area contributed by atoms with Crippen LogP contribution >= 0.6 is 0 Å². The second kappa shape index (κ2) is 7.83. The third-order valence-electron chi connectivity index (χ3n) is 7.59. The molecule has 5 atom stereocenters. The van der Waals surface area contributed by atoms with Crippen molar-refractivity contribution in [2.45, 2.75) is 56.8 Å². The number of aromatic nitrogens is 4. The Kier molecular flexibility index (Phi) is 4.61. The molecule has 7 rings (SSSR count). The van der Waals surface area contributed by atoms with Gasteiger partial charge < -0.3 is 20.6 Å². The fourth-order valence-corrected chi connectivity index (χ4v) is 5.54. The van der Waals surface area contributed by atoms with Crippen molar-refractivity contribution in [3.8, 4) is 23.1 Å². The maximum absolute atomic E-state index is 4.64. The number of nitrogens with zero attached hydrogens (tertiary/aromatic N) is 2. The first-order chi connectivity index (χ1) is 16.7. The van der Waals surface area contributed by atoms with Crippen LogP contribution in [0.25, 0.3) is 22.0 Å². The number of hydrogen-bond donors (Lipinski definition) is 4. The fraction of sp³-hybridized carbons (Fsp3) is 0.357. The topological polar surface area (TPSA) is 81.4 Å². The average molecular weight is 449 g/mol. The zero-order valence-electron chi connectivity index (χ0n) is 19.2. The summed E-state index contributed by atoms with van der Waals surface area (Å²) in [6.45, 7) is 2.23. The lowest BCUT2D eigenvalue weighted by atomic mass is 10.0. The summed E-state index contributed by atoms with van der Waals surface area (Å²) in [4.78, 5) is 16.1. The highest BCUT2D eigenvalue weighted by Gasteiger charge is 2.46. The van der Waals surface area contributed by atoms with Crippen molar-refractivity contribution in [2.24, 2.45) is 5.92 Å². The number of H-pyrrole nitrogens is 2. The standard InChI is InChI=1S/C28H28N6/c1-16-2-9-23(31-16)27-30-15-26(34-27)20-7-6-18-10-17(3-5-19(18)11-20)4-8-22-14-29-28(32-22)25-13-21-12-24(21)33-25/h3,5-7,10-11,14-16,21,23-25,31,33H,2,9,12-13H2,1H3,(H,29,32)(H,30,34)/t16-,21?,23-,24+,25-/m0/s1. The predicted octanol–water partition coefficient (Wildman–Crippen LogP) is 4.59. The maximum Gasteiger partial charge on any atom is 0.124 e. The van der Waals surface area contributed by atoms with Gasteiger partial charge >= 0.3 is 0 Å². The summed E-state index contributed by atoms with van der Waals surface area (Å²) in [6, 6.07) is 14.9. The molecule has 0 spiro atoms. The van der Waals surface area contributed by atoms with Gasteiger partial charge in [-0.05, 0) is 73.4 Å². The van der Waals surface area contributed by atoms with E-state index in [1.54, 1.807) is 0 Å². The summed E-state index contributed by atoms with van der Waals surface area (Å²) in [5.41, 5.74) is 4.08. The average Bonchev–Trinajstić information content (AvgIpc) is 3.41. The minimum absolute atomic E-state index is 0.330. The predicted molar refractivity (Wildman–Crippen MR) is 133 cm³/mol. The second-order valence-corrected chi connectivity index (χ2v) is 10.1. The lowest BCUT2D eigenvalue weighted by molar-refractivity contribution is 0.543. The smallest absolute Gasteiger partial charge is 0.124 e. The van der Waals surface area contributed by atoms with E-state index in [2.05, 4.69) is 85.7 Å². The van der Waals surface area contributed by atoms with Gasteiger partial charge in [-0.25, -0.2) is 9.97 Å². The van der Waals surface area contributed by atoms with Crippen molar-refractivity contribution >= 4 is 10.8 Å². The number of aromatic amines is 2. The number of fused-ring (bicyclic) bond motifs is 2. The largest absolute Gasteiger partial charge is 0.341 e. The van der Waals surface area contributed by atoms with Gasteiger partial charge in [0.05, 0.1) is 30.2 Å². The Morgan fingerprint density at radius 3 is 2.53 bits per heavy atom. The van der Waals surface area contributed by atoms with Crippen LogP contribution in [0.1, 0.15) is 67.6 Å². The number of benzene rings is 2. The maximum atomic E-state index is 4.64. The first-order valence-electron chi connectivity index (χ1n) is 12.4. The van der Waals surface area contributed by atoms with Gasteiger partial charge in [-0.1, -0.05) is 24.1 Å². The zero-order valence-corrected chi connectivity index (χ0v) is 19.2. The minimum Gasteiger partial charge on any atom is -0.341 e. The lowest BCUT2D eigenvalue weighted by Crippen LogP contribution is -2.21. The molecule has 0 amide bonds. The summed E-state index contributed by atoms with van der Waals surface area (Å²) in [5.74, 6) is 9.44. The molecule has 6 heteroatoms. The number of nitrogens with one attached hydrogen (secondary N) is 4. The van der Waals surface area contributed by atoms with Crippen molar-refractivity contribution in [1.29, 1.82) is 0 Å². The Hall–Kier alpha value is -3.40. The Bertz CT molecular complexity index is 1430. The molecule has 34 heavy (non-hydrogen) atoms. The molecule has 1 saturated carbocycles. The molecule has 2 aromatic heterocycles. The van der Waals surface area contributed by atoms with Crippen LogP contribution in [0.15, 0.2) is 48.8 Å². The zero-order chi connectivity index (χ0) is 22.6.